The van der Waals surface area contributed by atoms with Crippen LogP contribution in [0.5, 0.6) is 0 Å². The molecule has 0 saturated carbocycles. The lowest BCUT2D eigenvalue weighted by Crippen LogP contribution is -2.36. The van der Waals surface area contributed by atoms with Crippen molar-refractivity contribution < 1.29 is 19.2 Å². The first-order valence-electron chi connectivity index (χ1n) is 7.77. The first-order chi connectivity index (χ1) is 10.2. The molecule has 0 aliphatic carbocycles. The van der Waals surface area contributed by atoms with E-state index in [1.807, 2.05) is 6.92 Å². The Morgan fingerprint density at radius 1 is 1.29 bits per heavy atom. The molecule has 0 radical (unpaired) electrons. The molecule has 0 aliphatic heterocycles. The second-order valence-electron chi connectivity index (χ2n) is 5.15. The average molecular weight is 302 g/mol. The van der Waals surface area contributed by atoms with Crippen LogP contribution in [0.25, 0.3) is 0 Å². The standard InChI is InChI=1S/C15H30N2O4/c1-4-5-8-11-17(21-13-20-3)15(19)14(2)9-6-7-10-16-12-18/h12,14H,4-11,13H2,1-3H3,(H,16,18). The molecule has 124 valence electrons. The Bertz CT molecular complexity index is 274. The molecule has 0 aromatic heterocycles. The third-order valence-corrected chi connectivity index (χ3v) is 3.25. The van der Waals surface area contributed by atoms with Gasteiger partial charge in [0.1, 0.15) is 0 Å². The molecule has 1 N–H and O–H groups in total. The minimum Gasteiger partial charge on any atom is -0.359 e. The van der Waals surface area contributed by atoms with Crippen LogP contribution in [0, 0.1) is 5.92 Å². The quantitative estimate of drug-likeness (QED) is 0.231. The SMILES string of the molecule is CCCCCN(OCOC)C(=O)C(C)CCCCNC=O. The van der Waals surface area contributed by atoms with E-state index in [9.17, 15) is 9.59 Å². The maximum absolute atomic E-state index is 12.3. The normalized spacial score (nSPS) is 12.0. The summed E-state index contributed by atoms with van der Waals surface area (Å²) in [6, 6.07) is 0. The smallest absolute Gasteiger partial charge is 0.249 e. The second-order valence-corrected chi connectivity index (χ2v) is 5.15. The van der Waals surface area contributed by atoms with E-state index >= 15 is 0 Å². The fraction of sp³-hybridized carbons (Fsp3) is 0.867. The third kappa shape index (κ3) is 10.3. The van der Waals surface area contributed by atoms with Gasteiger partial charge in [-0.1, -0.05) is 33.1 Å². The molecule has 6 nitrogen and oxygen atoms in total. The number of rotatable bonds is 14. The molecule has 0 saturated heterocycles. The molecule has 1 unspecified atom stereocenters. The van der Waals surface area contributed by atoms with Gasteiger partial charge in [0, 0.05) is 26.1 Å². The second kappa shape index (κ2) is 13.8. The molecule has 0 heterocycles. The Kier molecular flexibility index (Phi) is 13.1. The molecule has 6 heteroatoms. The van der Waals surface area contributed by atoms with Gasteiger partial charge >= 0.3 is 0 Å². The number of hydrogen-bond acceptors (Lipinski definition) is 4. The number of carbonyl (C=O) groups excluding carboxylic acids is 2. The van der Waals surface area contributed by atoms with Gasteiger partial charge in [0.25, 0.3) is 0 Å². The first kappa shape index (κ1) is 19.9. The number of ether oxygens (including phenoxy) is 1. The minimum absolute atomic E-state index is 0.00602. The zero-order valence-corrected chi connectivity index (χ0v) is 13.6. The monoisotopic (exact) mass is 302 g/mol. The summed E-state index contributed by atoms with van der Waals surface area (Å²) in [6.07, 6.45) is 6.38. The van der Waals surface area contributed by atoms with Gasteiger partial charge < -0.3 is 10.1 Å². The summed E-state index contributed by atoms with van der Waals surface area (Å²) in [6.45, 7) is 5.39. The summed E-state index contributed by atoms with van der Waals surface area (Å²) < 4.78 is 4.88. The number of nitrogens with zero attached hydrogens (tertiary/aromatic N) is 1. The Balaban J connectivity index is 4.11. The maximum Gasteiger partial charge on any atom is 0.249 e. The van der Waals surface area contributed by atoms with Gasteiger partial charge in [-0.15, -0.1) is 0 Å². The highest BCUT2D eigenvalue weighted by Crippen LogP contribution is 2.13. The van der Waals surface area contributed by atoms with Crippen LogP contribution in [0.3, 0.4) is 0 Å². The Labute approximate surface area is 128 Å². The molecule has 0 aliphatic rings. The molecule has 0 rings (SSSR count). The van der Waals surface area contributed by atoms with Crippen LogP contribution >= 0.6 is 0 Å². The zero-order chi connectivity index (χ0) is 15.9. The predicted octanol–water partition coefficient (Wildman–Crippen LogP) is 2.09. The minimum atomic E-state index is -0.0836. The number of methoxy groups -OCH3 is 1. The van der Waals surface area contributed by atoms with Crippen molar-refractivity contribution in [2.24, 2.45) is 5.92 Å². The van der Waals surface area contributed by atoms with Gasteiger partial charge in [0.05, 0.1) is 0 Å². The summed E-state index contributed by atoms with van der Waals surface area (Å²) >= 11 is 0. The van der Waals surface area contributed by atoms with Crippen molar-refractivity contribution >= 4 is 12.3 Å². The van der Waals surface area contributed by atoms with Crippen LogP contribution < -0.4 is 5.32 Å². The molecular formula is C15H30N2O4. The van der Waals surface area contributed by atoms with Gasteiger partial charge in [0.15, 0.2) is 6.79 Å². The fourth-order valence-electron chi connectivity index (χ4n) is 1.97. The highest BCUT2D eigenvalue weighted by atomic mass is 16.8. The van der Waals surface area contributed by atoms with Crippen molar-refractivity contribution in [3.05, 3.63) is 0 Å². The van der Waals surface area contributed by atoms with Crippen LogP contribution in [0.1, 0.15) is 52.4 Å². The fourth-order valence-corrected chi connectivity index (χ4v) is 1.97. The van der Waals surface area contributed by atoms with E-state index in [0.717, 1.165) is 38.5 Å². The molecule has 0 aromatic carbocycles. The van der Waals surface area contributed by atoms with E-state index in [-0.39, 0.29) is 18.6 Å². The summed E-state index contributed by atoms with van der Waals surface area (Å²) in [5, 5.41) is 4.06. The van der Waals surface area contributed by atoms with E-state index in [2.05, 4.69) is 12.2 Å². The third-order valence-electron chi connectivity index (χ3n) is 3.25. The lowest BCUT2D eigenvalue weighted by atomic mass is 10.0. The largest absolute Gasteiger partial charge is 0.359 e. The summed E-state index contributed by atoms with van der Waals surface area (Å²) in [4.78, 5) is 27.8. The molecular weight excluding hydrogens is 272 g/mol. The number of nitrogens with one attached hydrogen (secondary N) is 1. The van der Waals surface area contributed by atoms with Crippen molar-refractivity contribution in [3.63, 3.8) is 0 Å². The lowest BCUT2D eigenvalue weighted by Gasteiger charge is -2.24. The molecule has 0 fully saturated rings. The number of hydroxylamine groups is 2. The van der Waals surface area contributed by atoms with Gasteiger partial charge in [-0.05, 0) is 19.3 Å². The van der Waals surface area contributed by atoms with Crippen LogP contribution in [0.4, 0.5) is 0 Å². The van der Waals surface area contributed by atoms with Crippen molar-refractivity contribution in [1.29, 1.82) is 0 Å². The van der Waals surface area contributed by atoms with Crippen molar-refractivity contribution in [2.45, 2.75) is 52.4 Å². The lowest BCUT2D eigenvalue weighted by molar-refractivity contribution is -0.222. The van der Waals surface area contributed by atoms with Gasteiger partial charge in [-0.25, -0.2) is 9.90 Å². The zero-order valence-electron chi connectivity index (χ0n) is 13.6. The van der Waals surface area contributed by atoms with E-state index < -0.39 is 0 Å². The van der Waals surface area contributed by atoms with Crippen LogP contribution in [0.15, 0.2) is 0 Å². The van der Waals surface area contributed by atoms with Crippen molar-refractivity contribution in [2.75, 3.05) is 27.0 Å². The number of amides is 2. The van der Waals surface area contributed by atoms with Gasteiger partial charge in [-0.2, -0.15) is 0 Å². The number of unbranched alkanes of at least 4 members (excludes halogenated alkanes) is 3. The maximum atomic E-state index is 12.3. The molecule has 2 amide bonds. The molecule has 0 bridgehead atoms. The average Bonchev–Trinajstić information content (AvgIpc) is 2.49. The van der Waals surface area contributed by atoms with Crippen LogP contribution in [-0.4, -0.2) is 44.4 Å². The Morgan fingerprint density at radius 2 is 2.05 bits per heavy atom. The number of carbonyl (C=O) groups is 2. The first-order valence-corrected chi connectivity index (χ1v) is 7.77. The highest BCUT2D eigenvalue weighted by molar-refractivity contribution is 5.77. The van der Waals surface area contributed by atoms with Gasteiger partial charge in [-0.3, -0.25) is 9.59 Å². The van der Waals surface area contributed by atoms with Crippen LogP contribution in [-0.2, 0) is 19.2 Å². The molecule has 0 spiro atoms. The number of hydrogen-bond donors (Lipinski definition) is 1. The summed E-state index contributed by atoms with van der Waals surface area (Å²) in [5.74, 6) is -0.0776. The van der Waals surface area contributed by atoms with Crippen molar-refractivity contribution in [1.82, 2.24) is 10.4 Å². The van der Waals surface area contributed by atoms with E-state index in [1.165, 1.54) is 12.2 Å². The Hall–Kier alpha value is -1.14. The predicted molar refractivity (Wildman–Crippen MR) is 81.3 cm³/mol. The van der Waals surface area contributed by atoms with Crippen LogP contribution in [0.2, 0.25) is 0 Å². The molecule has 0 aromatic rings. The summed E-state index contributed by atoms with van der Waals surface area (Å²) in [5.41, 5.74) is 0. The molecule has 1 atom stereocenters. The van der Waals surface area contributed by atoms with Crippen molar-refractivity contribution in [3.8, 4) is 0 Å². The topological polar surface area (TPSA) is 67.9 Å². The van der Waals surface area contributed by atoms with E-state index in [0.29, 0.717) is 19.5 Å². The Morgan fingerprint density at radius 3 is 2.67 bits per heavy atom. The highest BCUT2D eigenvalue weighted by Gasteiger charge is 2.20. The summed E-state index contributed by atoms with van der Waals surface area (Å²) in [7, 11) is 1.54. The van der Waals surface area contributed by atoms with Gasteiger partial charge in [0.2, 0.25) is 12.3 Å². The van der Waals surface area contributed by atoms with E-state index in [1.54, 1.807) is 0 Å². The molecule has 21 heavy (non-hydrogen) atoms. The van der Waals surface area contributed by atoms with E-state index in [4.69, 9.17) is 9.57 Å².